The van der Waals surface area contributed by atoms with Gasteiger partial charge in [0.15, 0.2) is 24.4 Å². The molecule has 0 amide bonds. The largest absolute Gasteiger partial charge is 0.218 e. The number of hydrogen-bond acceptors (Lipinski definition) is 11. The van der Waals surface area contributed by atoms with E-state index in [0.717, 1.165) is 9.35 Å². The minimum atomic E-state index is 0.312. The Kier molecular flexibility index (Phi) is 3.47. The van der Waals surface area contributed by atoms with E-state index in [0.29, 0.717) is 20.0 Å². The fourth-order valence-electron chi connectivity index (χ4n) is 1.13. The maximum atomic E-state index is 8.72. The highest BCUT2D eigenvalue weighted by molar-refractivity contribution is 8.00. The summed E-state index contributed by atoms with van der Waals surface area (Å²) in [4.78, 5) is 0. The van der Waals surface area contributed by atoms with Crippen LogP contribution in [0.3, 0.4) is 0 Å². The van der Waals surface area contributed by atoms with Gasteiger partial charge in [0.2, 0.25) is 5.01 Å². The van der Waals surface area contributed by atoms with Gasteiger partial charge in [-0.15, -0.1) is 30.6 Å². The Morgan fingerprint density at radius 1 is 0.842 bits per heavy atom. The van der Waals surface area contributed by atoms with Gasteiger partial charge in [-0.05, 0) is 6.26 Å². The van der Waals surface area contributed by atoms with Gasteiger partial charge in [-0.25, -0.2) is 0 Å². The fourth-order valence-corrected chi connectivity index (χ4v) is 3.90. The van der Waals surface area contributed by atoms with Crippen molar-refractivity contribution in [1.29, 1.82) is 5.26 Å². The van der Waals surface area contributed by atoms with E-state index in [4.69, 9.17) is 5.26 Å². The lowest BCUT2D eigenvalue weighted by molar-refractivity contribution is 1.01. The zero-order chi connectivity index (χ0) is 13.2. The van der Waals surface area contributed by atoms with Crippen LogP contribution in [0, 0.1) is 11.3 Å². The lowest BCUT2D eigenvalue weighted by Crippen LogP contribution is -1.76. The van der Waals surface area contributed by atoms with Crippen LogP contribution >= 0.6 is 45.8 Å². The summed E-state index contributed by atoms with van der Waals surface area (Å²) in [6.07, 6.45) is 1.94. The van der Waals surface area contributed by atoms with Crippen LogP contribution < -0.4 is 0 Å². The van der Waals surface area contributed by atoms with Gasteiger partial charge in [-0.2, -0.15) is 5.26 Å². The minimum Gasteiger partial charge on any atom is -0.190 e. The molecule has 94 valence electrons. The molecule has 11 heteroatoms. The van der Waals surface area contributed by atoms with Crippen molar-refractivity contribution in [2.75, 3.05) is 6.26 Å². The summed E-state index contributed by atoms with van der Waals surface area (Å²) in [6, 6.07) is 1.94. The van der Waals surface area contributed by atoms with Crippen LogP contribution in [0.15, 0.2) is 4.34 Å². The highest BCUT2D eigenvalue weighted by Crippen LogP contribution is 2.34. The lowest BCUT2D eigenvalue weighted by atomic mass is 10.7. The molecule has 0 aliphatic carbocycles. The second-order valence-corrected chi connectivity index (χ2v) is 7.00. The van der Waals surface area contributed by atoms with Gasteiger partial charge in [-0.1, -0.05) is 45.8 Å². The van der Waals surface area contributed by atoms with Crippen molar-refractivity contribution in [2.45, 2.75) is 4.34 Å². The van der Waals surface area contributed by atoms with E-state index in [1.54, 1.807) is 0 Å². The molecule has 3 aromatic rings. The van der Waals surface area contributed by atoms with Crippen LogP contribution in [0.25, 0.3) is 20.0 Å². The molecule has 0 aromatic carbocycles. The average Bonchev–Trinajstić information content (AvgIpc) is 3.16. The van der Waals surface area contributed by atoms with Gasteiger partial charge in [0, 0.05) is 0 Å². The number of hydrogen-bond donors (Lipinski definition) is 0. The molecule has 0 aliphatic rings. The fraction of sp³-hybridized carbons (Fsp3) is 0.125. The molecular weight excluding hydrogens is 322 g/mol. The molecule has 3 rings (SSSR count). The Balaban J connectivity index is 1.92. The summed E-state index contributed by atoms with van der Waals surface area (Å²) in [5, 5.41) is 35.5. The van der Waals surface area contributed by atoms with Crippen LogP contribution in [0.2, 0.25) is 0 Å². The standard InChI is InChI=1S/C8H3N7S4/c1-16-8-15-14-7(19-8)6-13-12-5(18-6)4-11-10-3(2-9)17-4/h1H3. The Morgan fingerprint density at radius 2 is 1.42 bits per heavy atom. The van der Waals surface area contributed by atoms with Gasteiger partial charge < -0.3 is 0 Å². The summed E-state index contributed by atoms with van der Waals surface area (Å²) in [6.45, 7) is 0. The van der Waals surface area contributed by atoms with Crippen molar-refractivity contribution in [1.82, 2.24) is 30.6 Å². The van der Waals surface area contributed by atoms with E-state index in [9.17, 15) is 0 Å². The van der Waals surface area contributed by atoms with Gasteiger partial charge in [0.25, 0.3) is 0 Å². The number of thioether (sulfide) groups is 1. The van der Waals surface area contributed by atoms with Crippen molar-refractivity contribution in [2.24, 2.45) is 0 Å². The first-order chi connectivity index (χ1) is 9.30. The Morgan fingerprint density at radius 3 is 2.00 bits per heavy atom. The van der Waals surface area contributed by atoms with E-state index >= 15 is 0 Å². The number of aromatic nitrogens is 6. The molecule has 0 saturated heterocycles. The van der Waals surface area contributed by atoms with Crippen LogP contribution in [0.1, 0.15) is 5.01 Å². The maximum Gasteiger partial charge on any atom is 0.218 e. The molecular formula is C8H3N7S4. The summed E-state index contributed by atoms with van der Waals surface area (Å²) in [5.41, 5.74) is 0. The number of nitriles is 1. The SMILES string of the molecule is CSc1nnc(-c2nnc(-c3nnc(C#N)s3)s2)s1. The highest BCUT2D eigenvalue weighted by atomic mass is 32.2. The molecule has 0 unspecified atom stereocenters. The van der Waals surface area contributed by atoms with Gasteiger partial charge in [0.1, 0.15) is 6.07 Å². The highest BCUT2D eigenvalue weighted by Gasteiger charge is 2.16. The number of nitrogens with zero attached hydrogens (tertiary/aromatic N) is 7. The third kappa shape index (κ3) is 2.47. The molecule has 7 nitrogen and oxygen atoms in total. The van der Waals surface area contributed by atoms with Crippen LogP contribution in [0.5, 0.6) is 0 Å². The van der Waals surface area contributed by atoms with E-state index < -0.39 is 0 Å². The molecule has 0 radical (unpaired) electrons. The first kappa shape index (κ1) is 12.5. The molecule has 0 atom stereocenters. The molecule has 0 saturated carbocycles. The van der Waals surface area contributed by atoms with Crippen LogP contribution in [0.4, 0.5) is 0 Å². The quantitative estimate of drug-likeness (QED) is 0.675. The smallest absolute Gasteiger partial charge is 0.190 e. The summed E-state index contributed by atoms with van der Waals surface area (Å²) in [7, 11) is 0. The Labute approximate surface area is 123 Å². The normalized spacial score (nSPS) is 10.5. The second kappa shape index (κ2) is 5.25. The molecule has 19 heavy (non-hydrogen) atoms. The van der Waals surface area contributed by atoms with E-state index in [1.165, 1.54) is 45.8 Å². The van der Waals surface area contributed by atoms with Crippen molar-refractivity contribution < 1.29 is 0 Å². The van der Waals surface area contributed by atoms with E-state index in [1.807, 2.05) is 12.3 Å². The van der Waals surface area contributed by atoms with Crippen LogP contribution in [-0.2, 0) is 0 Å². The number of rotatable bonds is 3. The average molecular weight is 325 g/mol. The molecule has 0 bridgehead atoms. The maximum absolute atomic E-state index is 8.72. The Bertz CT molecular complexity index is 751. The van der Waals surface area contributed by atoms with Gasteiger partial charge in [0.05, 0.1) is 0 Å². The monoisotopic (exact) mass is 325 g/mol. The van der Waals surface area contributed by atoms with Crippen molar-refractivity contribution in [3.63, 3.8) is 0 Å². The van der Waals surface area contributed by atoms with Gasteiger partial charge in [-0.3, -0.25) is 0 Å². The molecule has 0 spiro atoms. The topological polar surface area (TPSA) is 101 Å². The second-order valence-electron chi connectivity index (χ2n) is 3.01. The summed E-state index contributed by atoms with van der Waals surface area (Å²) >= 11 is 5.56. The van der Waals surface area contributed by atoms with Crippen molar-refractivity contribution in [3.05, 3.63) is 5.01 Å². The third-order valence-corrected chi connectivity index (χ3v) is 5.83. The summed E-state index contributed by atoms with van der Waals surface area (Å²) < 4.78 is 0.884. The molecule has 0 fully saturated rings. The summed E-state index contributed by atoms with van der Waals surface area (Å²) in [5.74, 6) is 0. The Hall–Kier alpha value is -1.48. The van der Waals surface area contributed by atoms with Crippen molar-refractivity contribution in [3.8, 4) is 26.1 Å². The minimum absolute atomic E-state index is 0.312. The lowest BCUT2D eigenvalue weighted by Gasteiger charge is -1.82. The van der Waals surface area contributed by atoms with E-state index in [-0.39, 0.29) is 0 Å². The molecule has 3 heterocycles. The zero-order valence-corrected chi connectivity index (χ0v) is 12.5. The zero-order valence-electron chi connectivity index (χ0n) is 9.26. The molecule has 0 aliphatic heterocycles. The first-order valence-corrected chi connectivity index (χ1v) is 8.43. The van der Waals surface area contributed by atoms with Gasteiger partial charge >= 0.3 is 0 Å². The van der Waals surface area contributed by atoms with Crippen molar-refractivity contribution >= 4 is 45.8 Å². The predicted octanol–water partition coefficient (Wildman–Crippen LogP) is 2.17. The molecule has 3 aromatic heterocycles. The first-order valence-electron chi connectivity index (χ1n) is 4.75. The third-order valence-electron chi connectivity index (χ3n) is 1.89. The molecule has 0 N–H and O–H groups in total. The van der Waals surface area contributed by atoms with Crippen LogP contribution in [-0.4, -0.2) is 36.8 Å². The van der Waals surface area contributed by atoms with E-state index in [2.05, 4.69) is 30.6 Å². The predicted molar refractivity (Wildman–Crippen MR) is 74.2 cm³/mol.